The van der Waals surface area contributed by atoms with E-state index in [0.717, 1.165) is 4.90 Å². The number of piperidine rings is 2. The van der Waals surface area contributed by atoms with Gasteiger partial charge in [0.05, 0.1) is 23.4 Å². The summed E-state index contributed by atoms with van der Waals surface area (Å²) < 4.78 is 5.33. The van der Waals surface area contributed by atoms with Gasteiger partial charge in [0.25, 0.3) is 11.8 Å². The molecule has 2 N–H and O–H groups in total. The zero-order chi connectivity index (χ0) is 30.2. The summed E-state index contributed by atoms with van der Waals surface area (Å²) in [6, 6.07) is 4.08. The fraction of sp³-hybridized carbons (Fsp3) is 0.586. The molecule has 42 heavy (non-hydrogen) atoms. The third kappa shape index (κ3) is 6.25. The number of piperazine rings is 1. The number of rotatable bonds is 5. The van der Waals surface area contributed by atoms with Crippen LogP contribution in [0, 0.1) is 0 Å². The van der Waals surface area contributed by atoms with Gasteiger partial charge in [-0.2, -0.15) is 0 Å². The first-order valence-electron chi connectivity index (χ1n) is 14.5. The van der Waals surface area contributed by atoms with Gasteiger partial charge in [-0.3, -0.25) is 39.1 Å². The van der Waals surface area contributed by atoms with Gasteiger partial charge in [-0.1, -0.05) is 6.07 Å². The van der Waals surface area contributed by atoms with Crippen LogP contribution < -0.4 is 15.5 Å². The normalized spacial score (nSPS) is 22.3. The molecule has 13 heteroatoms. The third-order valence-corrected chi connectivity index (χ3v) is 8.09. The Hall–Kier alpha value is -4.00. The van der Waals surface area contributed by atoms with Crippen LogP contribution in [0.25, 0.3) is 0 Å². The molecule has 0 spiro atoms. The van der Waals surface area contributed by atoms with E-state index < -0.39 is 41.4 Å². The van der Waals surface area contributed by atoms with E-state index in [4.69, 9.17) is 4.74 Å². The van der Waals surface area contributed by atoms with E-state index in [1.165, 1.54) is 0 Å². The molecule has 0 aliphatic carbocycles. The van der Waals surface area contributed by atoms with Crippen LogP contribution in [0.15, 0.2) is 18.2 Å². The summed E-state index contributed by atoms with van der Waals surface area (Å²) in [5.74, 6) is -2.06. The number of anilines is 1. The Bertz CT molecular complexity index is 1290. The standard InChI is InChI=1S/C29H38N6O7/c1-29(2,3)42-28(41)30-18-9-11-34(12-10-18)23(37)17-32-13-15-33(16-14-32)20-6-4-5-19-24(20)27(40)35(26(19)39)21-7-8-22(36)31-25(21)38/h4-6,18,21H,7-17H2,1-3H3,(H,30,41)(H,31,36,38). The van der Waals surface area contributed by atoms with Crippen LogP contribution in [0.1, 0.15) is 67.2 Å². The van der Waals surface area contributed by atoms with E-state index in [-0.39, 0.29) is 42.5 Å². The zero-order valence-corrected chi connectivity index (χ0v) is 24.3. The molecular weight excluding hydrogens is 544 g/mol. The summed E-state index contributed by atoms with van der Waals surface area (Å²) in [5, 5.41) is 5.11. The summed E-state index contributed by atoms with van der Waals surface area (Å²) in [5.41, 5.74) is 0.601. The number of carbonyl (C=O) groups is 6. The first kappa shape index (κ1) is 29.5. The second-order valence-electron chi connectivity index (χ2n) is 12.2. The first-order valence-corrected chi connectivity index (χ1v) is 14.5. The van der Waals surface area contributed by atoms with Crippen LogP contribution >= 0.6 is 0 Å². The van der Waals surface area contributed by atoms with Crippen molar-refractivity contribution in [3.8, 4) is 0 Å². The van der Waals surface area contributed by atoms with E-state index in [1.54, 1.807) is 18.2 Å². The molecule has 1 aromatic rings. The van der Waals surface area contributed by atoms with Crippen molar-refractivity contribution in [1.29, 1.82) is 0 Å². The largest absolute Gasteiger partial charge is 0.444 e. The van der Waals surface area contributed by atoms with Gasteiger partial charge in [-0.15, -0.1) is 0 Å². The average molecular weight is 583 g/mol. The molecule has 3 fully saturated rings. The fourth-order valence-electron chi connectivity index (χ4n) is 5.95. The number of nitrogens with zero attached hydrogens (tertiary/aromatic N) is 4. The molecule has 5 rings (SSSR count). The topological polar surface area (TPSA) is 149 Å². The molecular formula is C29H38N6O7. The van der Waals surface area contributed by atoms with Crippen molar-refractivity contribution in [3.05, 3.63) is 29.3 Å². The molecule has 1 aromatic carbocycles. The Labute approximate surface area is 244 Å². The van der Waals surface area contributed by atoms with Crippen LogP contribution in [-0.4, -0.2) is 114 Å². The molecule has 226 valence electrons. The lowest BCUT2D eigenvalue weighted by molar-refractivity contribution is -0.136. The monoisotopic (exact) mass is 582 g/mol. The number of fused-ring (bicyclic) bond motifs is 1. The average Bonchev–Trinajstić information content (AvgIpc) is 3.18. The highest BCUT2D eigenvalue weighted by Gasteiger charge is 2.46. The maximum Gasteiger partial charge on any atom is 0.407 e. The Kier molecular flexibility index (Phi) is 8.22. The maximum absolute atomic E-state index is 13.4. The van der Waals surface area contributed by atoms with Crippen LogP contribution in [-0.2, 0) is 19.1 Å². The number of carbonyl (C=O) groups excluding carboxylic acids is 6. The number of benzene rings is 1. The minimum absolute atomic E-state index is 0.0273. The Morgan fingerprint density at radius 1 is 0.952 bits per heavy atom. The van der Waals surface area contributed by atoms with E-state index in [9.17, 15) is 28.8 Å². The number of likely N-dealkylation sites (tertiary alicyclic amines) is 1. The number of imide groups is 2. The molecule has 4 aliphatic heterocycles. The lowest BCUT2D eigenvalue weighted by atomic mass is 10.0. The van der Waals surface area contributed by atoms with Gasteiger partial charge in [0.15, 0.2) is 0 Å². The Morgan fingerprint density at radius 2 is 1.64 bits per heavy atom. The van der Waals surface area contributed by atoms with E-state index in [0.29, 0.717) is 57.8 Å². The van der Waals surface area contributed by atoms with Crippen molar-refractivity contribution in [1.82, 2.24) is 25.3 Å². The van der Waals surface area contributed by atoms with E-state index >= 15 is 0 Å². The van der Waals surface area contributed by atoms with E-state index in [2.05, 4.69) is 15.5 Å². The molecule has 13 nitrogen and oxygen atoms in total. The lowest BCUT2D eigenvalue weighted by Crippen LogP contribution is -2.54. The van der Waals surface area contributed by atoms with Gasteiger partial charge in [0.2, 0.25) is 17.7 Å². The van der Waals surface area contributed by atoms with Gasteiger partial charge in [0, 0.05) is 51.7 Å². The summed E-state index contributed by atoms with van der Waals surface area (Å²) >= 11 is 0. The van der Waals surface area contributed by atoms with Gasteiger partial charge < -0.3 is 19.9 Å². The molecule has 0 saturated carbocycles. The second kappa shape index (κ2) is 11.7. The van der Waals surface area contributed by atoms with Gasteiger partial charge >= 0.3 is 6.09 Å². The van der Waals surface area contributed by atoms with Crippen LogP contribution in [0.2, 0.25) is 0 Å². The number of alkyl carbamates (subject to hydrolysis) is 1. The van der Waals surface area contributed by atoms with Crippen molar-refractivity contribution in [2.75, 3.05) is 50.7 Å². The van der Waals surface area contributed by atoms with Gasteiger partial charge in [-0.05, 0) is 52.2 Å². The smallest absolute Gasteiger partial charge is 0.407 e. The molecule has 0 bridgehead atoms. The molecule has 3 saturated heterocycles. The predicted molar refractivity (Wildman–Crippen MR) is 151 cm³/mol. The molecule has 1 atom stereocenters. The Balaban J connectivity index is 1.13. The molecule has 0 radical (unpaired) electrons. The zero-order valence-electron chi connectivity index (χ0n) is 24.3. The molecule has 1 unspecified atom stereocenters. The summed E-state index contributed by atoms with van der Waals surface area (Å²) in [6.45, 7) is 9.19. The molecule has 4 heterocycles. The summed E-state index contributed by atoms with van der Waals surface area (Å²) in [7, 11) is 0. The number of hydrogen-bond acceptors (Lipinski definition) is 9. The molecule has 4 aliphatic rings. The van der Waals surface area contributed by atoms with Crippen molar-refractivity contribution >= 4 is 41.3 Å². The van der Waals surface area contributed by atoms with Gasteiger partial charge in [-0.25, -0.2) is 4.79 Å². The van der Waals surface area contributed by atoms with Crippen LogP contribution in [0.5, 0.6) is 0 Å². The van der Waals surface area contributed by atoms with Crippen LogP contribution in [0.3, 0.4) is 0 Å². The third-order valence-electron chi connectivity index (χ3n) is 8.09. The lowest BCUT2D eigenvalue weighted by Gasteiger charge is -2.38. The quantitative estimate of drug-likeness (QED) is 0.479. The minimum Gasteiger partial charge on any atom is -0.444 e. The number of amides is 6. The fourth-order valence-corrected chi connectivity index (χ4v) is 5.95. The highest BCUT2D eigenvalue weighted by Crippen LogP contribution is 2.34. The minimum atomic E-state index is -1.01. The maximum atomic E-state index is 13.4. The van der Waals surface area contributed by atoms with Gasteiger partial charge in [0.1, 0.15) is 11.6 Å². The molecule has 0 aromatic heterocycles. The van der Waals surface area contributed by atoms with Crippen molar-refractivity contribution in [2.24, 2.45) is 0 Å². The number of nitrogens with one attached hydrogen (secondary N) is 2. The van der Waals surface area contributed by atoms with Crippen molar-refractivity contribution in [2.45, 2.75) is 64.1 Å². The van der Waals surface area contributed by atoms with Crippen molar-refractivity contribution < 1.29 is 33.5 Å². The van der Waals surface area contributed by atoms with Crippen molar-refractivity contribution in [3.63, 3.8) is 0 Å². The first-order chi connectivity index (χ1) is 19.9. The SMILES string of the molecule is CC(C)(C)OC(=O)NC1CCN(C(=O)CN2CCN(c3cccc4c3C(=O)N(C3CCC(=O)NC3=O)C4=O)CC2)CC1. The number of hydrogen-bond donors (Lipinski definition) is 2. The second-order valence-corrected chi connectivity index (χ2v) is 12.2. The van der Waals surface area contributed by atoms with E-state index in [1.807, 2.05) is 30.6 Å². The summed E-state index contributed by atoms with van der Waals surface area (Å²) in [6.07, 6.45) is 1.07. The number of ether oxygens (including phenoxy) is 1. The highest BCUT2D eigenvalue weighted by atomic mass is 16.6. The molecule has 6 amide bonds. The summed E-state index contributed by atoms with van der Waals surface area (Å²) in [4.78, 5) is 82.6. The predicted octanol–water partition coefficient (Wildman–Crippen LogP) is 0.726. The Morgan fingerprint density at radius 3 is 2.29 bits per heavy atom. The van der Waals surface area contributed by atoms with Crippen LogP contribution in [0.4, 0.5) is 10.5 Å². The highest BCUT2D eigenvalue weighted by molar-refractivity contribution is 6.25.